The molecule has 0 fully saturated rings. The third-order valence-corrected chi connectivity index (χ3v) is 3.61. The molecule has 0 radical (unpaired) electrons. The van der Waals surface area contributed by atoms with Gasteiger partial charge in [-0.3, -0.25) is 0 Å². The maximum atomic E-state index is 5.91. The Labute approximate surface area is 121 Å². The molecule has 0 atom stereocenters. The SMILES string of the molecule is Cc1ccc(N(C)c2ncc(Cl)cc2Br)c(C)c1. The molecule has 0 aliphatic rings. The van der Waals surface area contributed by atoms with Gasteiger partial charge in [0.1, 0.15) is 5.82 Å². The summed E-state index contributed by atoms with van der Waals surface area (Å²) in [6.45, 7) is 4.19. The van der Waals surface area contributed by atoms with Crippen molar-refractivity contribution in [2.45, 2.75) is 13.8 Å². The lowest BCUT2D eigenvalue weighted by Crippen LogP contribution is -2.13. The Kier molecular flexibility index (Phi) is 3.93. The summed E-state index contributed by atoms with van der Waals surface area (Å²) >= 11 is 9.40. The number of nitrogens with zero attached hydrogens (tertiary/aromatic N) is 2. The van der Waals surface area contributed by atoms with Crippen molar-refractivity contribution in [3.8, 4) is 0 Å². The fraction of sp³-hybridized carbons (Fsp3) is 0.214. The van der Waals surface area contributed by atoms with Crippen LogP contribution in [-0.2, 0) is 0 Å². The standard InChI is InChI=1S/C14H14BrClN2/c1-9-4-5-13(10(2)6-9)18(3)14-12(15)7-11(16)8-17-14/h4-8H,1-3H3. The molecule has 18 heavy (non-hydrogen) atoms. The zero-order valence-electron chi connectivity index (χ0n) is 10.5. The van der Waals surface area contributed by atoms with Crippen molar-refractivity contribution in [3.63, 3.8) is 0 Å². The Balaban J connectivity index is 2.44. The number of pyridine rings is 1. The van der Waals surface area contributed by atoms with Gasteiger partial charge in [0.15, 0.2) is 0 Å². The Morgan fingerprint density at radius 1 is 1.22 bits per heavy atom. The van der Waals surface area contributed by atoms with Crippen LogP contribution in [0.4, 0.5) is 11.5 Å². The summed E-state index contributed by atoms with van der Waals surface area (Å²) in [5.41, 5.74) is 3.62. The summed E-state index contributed by atoms with van der Waals surface area (Å²) in [6, 6.07) is 8.22. The van der Waals surface area contributed by atoms with E-state index in [4.69, 9.17) is 11.6 Å². The molecule has 1 aromatic heterocycles. The van der Waals surface area contributed by atoms with Gasteiger partial charge in [0, 0.05) is 18.9 Å². The van der Waals surface area contributed by atoms with Crippen LogP contribution in [0.5, 0.6) is 0 Å². The summed E-state index contributed by atoms with van der Waals surface area (Å²) in [4.78, 5) is 6.42. The molecule has 0 bridgehead atoms. The smallest absolute Gasteiger partial charge is 0.147 e. The van der Waals surface area contributed by atoms with Crippen LogP contribution < -0.4 is 4.90 Å². The molecule has 0 unspecified atom stereocenters. The minimum Gasteiger partial charge on any atom is -0.328 e. The predicted octanol–water partition coefficient (Wildman–Crippen LogP) is 4.88. The van der Waals surface area contributed by atoms with Crippen LogP contribution in [0.1, 0.15) is 11.1 Å². The van der Waals surface area contributed by atoms with E-state index in [2.05, 4.69) is 57.9 Å². The third-order valence-electron chi connectivity index (χ3n) is 2.82. The molecule has 0 aliphatic carbocycles. The average molecular weight is 326 g/mol. The van der Waals surface area contributed by atoms with Gasteiger partial charge in [0.2, 0.25) is 0 Å². The van der Waals surface area contributed by atoms with Crippen molar-refractivity contribution in [2.75, 3.05) is 11.9 Å². The van der Waals surface area contributed by atoms with Crippen LogP contribution in [0.3, 0.4) is 0 Å². The maximum Gasteiger partial charge on any atom is 0.147 e. The number of hydrogen-bond donors (Lipinski definition) is 0. The zero-order chi connectivity index (χ0) is 13.3. The van der Waals surface area contributed by atoms with E-state index in [0.717, 1.165) is 16.0 Å². The summed E-state index contributed by atoms with van der Waals surface area (Å²) in [7, 11) is 2.00. The fourth-order valence-corrected chi connectivity index (χ4v) is 2.85. The highest BCUT2D eigenvalue weighted by atomic mass is 79.9. The van der Waals surface area contributed by atoms with E-state index >= 15 is 0 Å². The Hall–Kier alpha value is -1.06. The fourth-order valence-electron chi connectivity index (χ4n) is 1.95. The van der Waals surface area contributed by atoms with Crippen molar-refractivity contribution >= 4 is 39.0 Å². The van der Waals surface area contributed by atoms with Crippen LogP contribution in [0, 0.1) is 13.8 Å². The van der Waals surface area contributed by atoms with E-state index in [9.17, 15) is 0 Å². The third kappa shape index (κ3) is 2.68. The second-order valence-electron chi connectivity index (χ2n) is 4.31. The van der Waals surface area contributed by atoms with Crippen LogP contribution in [0.15, 0.2) is 34.9 Å². The van der Waals surface area contributed by atoms with Crippen LogP contribution in [0.2, 0.25) is 5.02 Å². The molecule has 1 heterocycles. The topological polar surface area (TPSA) is 16.1 Å². The molecule has 4 heteroatoms. The molecule has 0 spiro atoms. The van der Waals surface area contributed by atoms with Gasteiger partial charge < -0.3 is 4.90 Å². The summed E-state index contributed by atoms with van der Waals surface area (Å²) in [6.07, 6.45) is 1.65. The van der Waals surface area contributed by atoms with E-state index in [-0.39, 0.29) is 0 Å². The van der Waals surface area contributed by atoms with Crippen molar-refractivity contribution in [2.24, 2.45) is 0 Å². The van der Waals surface area contributed by atoms with Gasteiger partial charge in [0.25, 0.3) is 0 Å². The van der Waals surface area contributed by atoms with Gasteiger partial charge in [-0.05, 0) is 47.5 Å². The van der Waals surface area contributed by atoms with Crippen molar-refractivity contribution in [1.82, 2.24) is 4.98 Å². The second-order valence-corrected chi connectivity index (χ2v) is 5.60. The zero-order valence-corrected chi connectivity index (χ0v) is 12.9. The lowest BCUT2D eigenvalue weighted by Gasteiger charge is -2.22. The molecular formula is C14H14BrClN2. The molecule has 2 aromatic rings. The molecule has 0 amide bonds. The first-order valence-corrected chi connectivity index (χ1v) is 6.78. The Bertz CT molecular complexity index is 533. The maximum absolute atomic E-state index is 5.91. The molecule has 0 saturated heterocycles. The van der Waals surface area contributed by atoms with Gasteiger partial charge >= 0.3 is 0 Å². The first-order chi connectivity index (χ1) is 8.49. The summed E-state index contributed by atoms with van der Waals surface area (Å²) in [5.74, 6) is 0.853. The number of aryl methyl sites for hydroxylation is 2. The molecule has 2 rings (SSSR count). The second kappa shape index (κ2) is 5.29. The normalized spacial score (nSPS) is 10.5. The monoisotopic (exact) mass is 324 g/mol. The van der Waals surface area contributed by atoms with Crippen LogP contribution >= 0.6 is 27.5 Å². The van der Waals surface area contributed by atoms with Gasteiger partial charge in [-0.25, -0.2) is 4.98 Å². The quantitative estimate of drug-likeness (QED) is 0.782. The lowest BCUT2D eigenvalue weighted by molar-refractivity contribution is 1.10. The van der Waals surface area contributed by atoms with E-state index in [1.807, 2.05) is 13.1 Å². The lowest BCUT2D eigenvalue weighted by atomic mass is 10.1. The van der Waals surface area contributed by atoms with E-state index < -0.39 is 0 Å². The molecule has 0 N–H and O–H groups in total. The largest absolute Gasteiger partial charge is 0.328 e. The molecule has 0 saturated carbocycles. The highest BCUT2D eigenvalue weighted by Crippen LogP contribution is 2.32. The summed E-state index contributed by atoms with van der Waals surface area (Å²) in [5, 5.41) is 0.625. The number of anilines is 2. The van der Waals surface area contributed by atoms with Gasteiger partial charge in [-0.2, -0.15) is 0 Å². The van der Waals surface area contributed by atoms with Crippen molar-refractivity contribution in [3.05, 3.63) is 51.1 Å². The van der Waals surface area contributed by atoms with Crippen molar-refractivity contribution in [1.29, 1.82) is 0 Å². The number of aromatic nitrogens is 1. The predicted molar refractivity (Wildman–Crippen MR) is 80.9 cm³/mol. The molecular weight excluding hydrogens is 312 g/mol. The minimum absolute atomic E-state index is 0.625. The Morgan fingerprint density at radius 2 is 1.94 bits per heavy atom. The number of benzene rings is 1. The van der Waals surface area contributed by atoms with E-state index in [0.29, 0.717) is 5.02 Å². The van der Waals surface area contributed by atoms with Crippen LogP contribution in [0.25, 0.3) is 0 Å². The molecule has 94 valence electrons. The van der Waals surface area contributed by atoms with Gasteiger partial charge in [0.05, 0.1) is 9.50 Å². The van der Waals surface area contributed by atoms with E-state index in [1.54, 1.807) is 6.20 Å². The van der Waals surface area contributed by atoms with Crippen LogP contribution in [-0.4, -0.2) is 12.0 Å². The Morgan fingerprint density at radius 3 is 2.56 bits per heavy atom. The molecule has 2 nitrogen and oxygen atoms in total. The van der Waals surface area contributed by atoms with Gasteiger partial charge in [-0.1, -0.05) is 29.3 Å². The van der Waals surface area contributed by atoms with E-state index in [1.165, 1.54) is 11.1 Å². The molecule has 0 aliphatic heterocycles. The number of rotatable bonds is 2. The molecule has 1 aromatic carbocycles. The first-order valence-electron chi connectivity index (χ1n) is 5.61. The number of halogens is 2. The highest BCUT2D eigenvalue weighted by molar-refractivity contribution is 9.10. The van der Waals surface area contributed by atoms with Gasteiger partial charge in [-0.15, -0.1) is 0 Å². The number of hydrogen-bond acceptors (Lipinski definition) is 2. The highest BCUT2D eigenvalue weighted by Gasteiger charge is 2.11. The summed E-state index contributed by atoms with van der Waals surface area (Å²) < 4.78 is 0.887. The average Bonchev–Trinajstić information content (AvgIpc) is 2.28. The minimum atomic E-state index is 0.625. The van der Waals surface area contributed by atoms with Crippen molar-refractivity contribution < 1.29 is 0 Å². The first kappa shape index (κ1) is 13.4.